The van der Waals surface area contributed by atoms with E-state index < -0.39 is 0 Å². The van der Waals surface area contributed by atoms with Gasteiger partial charge in [-0.25, -0.2) is 10.9 Å². The van der Waals surface area contributed by atoms with E-state index in [1.54, 1.807) is 0 Å². The predicted octanol–water partition coefficient (Wildman–Crippen LogP) is 3.27. The van der Waals surface area contributed by atoms with Crippen molar-refractivity contribution in [3.63, 3.8) is 0 Å². The maximum absolute atomic E-state index is 13.1. The van der Waals surface area contributed by atoms with Crippen LogP contribution in [0.3, 0.4) is 0 Å². The number of fused-ring (bicyclic) bond motifs is 1. The molecule has 4 unspecified atom stereocenters. The number of ether oxygens (including phenoxy) is 2. The van der Waals surface area contributed by atoms with Crippen LogP contribution in [-0.2, 0) is 4.79 Å². The first-order valence-electron chi connectivity index (χ1n) is 10.4. The molecule has 1 saturated heterocycles. The van der Waals surface area contributed by atoms with Crippen molar-refractivity contribution >= 4 is 5.91 Å². The molecule has 0 saturated carbocycles. The van der Waals surface area contributed by atoms with E-state index in [1.165, 1.54) is 5.56 Å². The molecule has 29 heavy (non-hydrogen) atoms. The molecule has 2 aromatic rings. The number of rotatable bonds is 6. The van der Waals surface area contributed by atoms with Crippen molar-refractivity contribution in [3.05, 3.63) is 59.7 Å². The molecule has 4 rings (SSSR count). The fourth-order valence-electron chi connectivity index (χ4n) is 4.14. The lowest BCUT2D eigenvalue weighted by Crippen LogP contribution is -2.46. The van der Waals surface area contributed by atoms with Crippen LogP contribution in [0.1, 0.15) is 49.9 Å². The third-order valence-electron chi connectivity index (χ3n) is 5.75. The van der Waals surface area contributed by atoms with Gasteiger partial charge >= 0.3 is 0 Å². The SMILES string of the molecule is CCCC(NC(=O)C1NNC(c2ccccc2)C1C)c1ccc2c(c1)OCCO2. The predicted molar refractivity (Wildman–Crippen MR) is 112 cm³/mol. The van der Waals surface area contributed by atoms with Gasteiger partial charge in [0.2, 0.25) is 5.91 Å². The lowest BCUT2D eigenvalue weighted by molar-refractivity contribution is -0.124. The molecule has 0 aromatic heterocycles. The molecular formula is C23H29N3O3. The van der Waals surface area contributed by atoms with Crippen LogP contribution in [0, 0.1) is 5.92 Å². The molecule has 3 N–H and O–H groups in total. The van der Waals surface area contributed by atoms with Crippen LogP contribution in [0.5, 0.6) is 11.5 Å². The Morgan fingerprint density at radius 2 is 1.86 bits per heavy atom. The quantitative estimate of drug-likeness (QED) is 0.700. The molecule has 2 aliphatic rings. The Labute approximate surface area is 171 Å². The second-order valence-corrected chi connectivity index (χ2v) is 7.77. The van der Waals surface area contributed by atoms with E-state index in [-0.39, 0.29) is 30.0 Å². The minimum absolute atomic E-state index is 0.0109. The Balaban J connectivity index is 1.46. The van der Waals surface area contributed by atoms with E-state index >= 15 is 0 Å². The molecule has 2 aromatic carbocycles. The number of carbonyl (C=O) groups is 1. The van der Waals surface area contributed by atoms with Gasteiger partial charge in [0, 0.05) is 5.92 Å². The molecule has 1 fully saturated rings. The van der Waals surface area contributed by atoms with Crippen LogP contribution in [0.2, 0.25) is 0 Å². The van der Waals surface area contributed by atoms with Gasteiger partial charge < -0.3 is 14.8 Å². The summed E-state index contributed by atoms with van der Waals surface area (Å²) < 4.78 is 11.3. The number of hydrazine groups is 1. The monoisotopic (exact) mass is 395 g/mol. The fourth-order valence-corrected chi connectivity index (χ4v) is 4.14. The summed E-state index contributed by atoms with van der Waals surface area (Å²) in [6.07, 6.45) is 1.83. The third kappa shape index (κ3) is 4.23. The Bertz CT molecular complexity index is 843. The number of hydrogen-bond acceptors (Lipinski definition) is 5. The number of nitrogens with one attached hydrogen (secondary N) is 3. The zero-order chi connectivity index (χ0) is 20.2. The van der Waals surface area contributed by atoms with Gasteiger partial charge in [-0.05, 0) is 29.7 Å². The van der Waals surface area contributed by atoms with Crippen molar-refractivity contribution in [2.24, 2.45) is 5.92 Å². The van der Waals surface area contributed by atoms with Gasteiger partial charge in [0.1, 0.15) is 19.3 Å². The highest BCUT2D eigenvalue weighted by molar-refractivity contribution is 5.83. The van der Waals surface area contributed by atoms with Gasteiger partial charge in [0.15, 0.2) is 11.5 Å². The summed E-state index contributed by atoms with van der Waals surface area (Å²) in [6.45, 7) is 5.36. The Morgan fingerprint density at radius 3 is 2.62 bits per heavy atom. The lowest BCUT2D eigenvalue weighted by Gasteiger charge is -2.25. The number of benzene rings is 2. The van der Waals surface area contributed by atoms with E-state index in [1.807, 2.05) is 36.4 Å². The van der Waals surface area contributed by atoms with Gasteiger partial charge in [-0.2, -0.15) is 0 Å². The number of amides is 1. The van der Waals surface area contributed by atoms with Gasteiger partial charge in [-0.3, -0.25) is 4.79 Å². The van der Waals surface area contributed by atoms with Crippen LogP contribution in [0.25, 0.3) is 0 Å². The molecule has 2 aliphatic heterocycles. The van der Waals surface area contributed by atoms with Crippen LogP contribution in [0.4, 0.5) is 0 Å². The minimum Gasteiger partial charge on any atom is -0.486 e. The van der Waals surface area contributed by atoms with Crippen molar-refractivity contribution in [3.8, 4) is 11.5 Å². The average molecular weight is 396 g/mol. The van der Waals surface area contributed by atoms with Crippen LogP contribution >= 0.6 is 0 Å². The average Bonchev–Trinajstić information content (AvgIpc) is 3.15. The lowest BCUT2D eigenvalue weighted by atomic mass is 9.90. The summed E-state index contributed by atoms with van der Waals surface area (Å²) in [4.78, 5) is 13.1. The molecule has 6 nitrogen and oxygen atoms in total. The van der Waals surface area contributed by atoms with E-state index in [2.05, 4.69) is 42.1 Å². The topological polar surface area (TPSA) is 71.6 Å². The Hall–Kier alpha value is -2.57. The molecule has 0 spiro atoms. The summed E-state index contributed by atoms with van der Waals surface area (Å²) in [5, 5.41) is 3.25. The molecule has 1 amide bonds. The zero-order valence-electron chi connectivity index (χ0n) is 17.0. The van der Waals surface area contributed by atoms with Crippen LogP contribution in [0.15, 0.2) is 48.5 Å². The fraction of sp³-hybridized carbons (Fsp3) is 0.435. The van der Waals surface area contributed by atoms with Crippen molar-refractivity contribution < 1.29 is 14.3 Å². The number of hydrogen-bond donors (Lipinski definition) is 3. The molecule has 0 bridgehead atoms. The molecule has 0 radical (unpaired) electrons. The summed E-state index contributed by atoms with van der Waals surface area (Å²) in [5.74, 6) is 1.65. The highest BCUT2D eigenvalue weighted by Gasteiger charge is 2.38. The van der Waals surface area contributed by atoms with Crippen LogP contribution < -0.4 is 25.6 Å². The second-order valence-electron chi connectivity index (χ2n) is 7.77. The van der Waals surface area contributed by atoms with E-state index in [4.69, 9.17) is 9.47 Å². The van der Waals surface area contributed by atoms with E-state index in [9.17, 15) is 4.79 Å². The Morgan fingerprint density at radius 1 is 1.10 bits per heavy atom. The van der Waals surface area contributed by atoms with Gasteiger partial charge in [-0.1, -0.05) is 56.7 Å². The smallest absolute Gasteiger partial charge is 0.239 e. The summed E-state index contributed by atoms with van der Waals surface area (Å²) in [7, 11) is 0. The van der Waals surface area contributed by atoms with Gasteiger partial charge in [-0.15, -0.1) is 0 Å². The first-order valence-corrected chi connectivity index (χ1v) is 10.4. The highest BCUT2D eigenvalue weighted by atomic mass is 16.6. The van der Waals surface area contributed by atoms with Gasteiger partial charge in [0.25, 0.3) is 0 Å². The first kappa shape index (κ1) is 19.7. The third-order valence-corrected chi connectivity index (χ3v) is 5.75. The van der Waals surface area contributed by atoms with Crippen molar-refractivity contribution in [1.82, 2.24) is 16.2 Å². The largest absolute Gasteiger partial charge is 0.486 e. The van der Waals surface area contributed by atoms with Crippen molar-refractivity contribution in [1.29, 1.82) is 0 Å². The highest BCUT2D eigenvalue weighted by Crippen LogP contribution is 2.34. The van der Waals surface area contributed by atoms with Crippen molar-refractivity contribution in [2.75, 3.05) is 13.2 Å². The van der Waals surface area contributed by atoms with E-state index in [0.29, 0.717) is 13.2 Å². The zero-order valence-corrected chi connectivity index (χ0v) is 17.0. The van der Waals surface area contributed by atoms with Crippen molar-refractivity contribution in [2.45, 2.75) is 44.8 Å². The first-order chi connectivity index (χ1) is 14.2. The van der Waals surface area contributed by atoms with Crippen LogP contribution in [-0.4, -0.2) is 25.2 Å². The number of carbonyl (C=O) groups excluding carboxylic acids is 1. The normalized spacial score (nSPS) is 24.1. The molecular weight excluding hydrogens is 366 g/mol. The van der Waals surface area contributed by atoms with E-state index in [0.717, 1.165) is 29.9 Å². The maximum atomic E-state index is 13.1. The second kappa shape index (κ2) is 8.84. The molecule has 0 aliphatic carbocycles. The maximum Gasteiger partial charge on any atom is 0.239 e. The summed E-state index contributed by atoms with van der Waals surface area (Å²) in [6, 6.07) is 15.9. The molecule has 154 valence electrons. The Kier molecular flexibility index (Phi) is 6.02. The summed E-state index contributed by atoms with van der Waals surface area (Å²) >= 11 is 0. The molecule has 4 atom stereocenters. The standard InChI is InChI=1S/C23H29N3O3/c1-3-7-18(17-10-11-19-20(14-17)29-13-12-28-19)24-23(27)22-15(2)21(25-26-22)16-8-5-4-6-9-16/h4-6,8-11,14-15,18,21-22,25-26H,3,7,12-13H2,1-2H3,(H,24,27). The van der Waals surface area contributed by atoms with Gasteiger partial charge in [0.05, 0.1) is 12.1 Å². The molecule has 6 heteroatoms. The summed E-state index contributed by atoms with van der Waals surface area (Å²) in [5.41, 5.74) is 8.71. The molecule has 2 heterocycles. The minimum atomic E-state index is -0.295.